The topological polar surface area (TPSA) is 49.9 Å². The van der Waals surface area contributed by atoms with E-state index >= 15 is 0 Å². The highest BCUT2D eigenvalue weighted by Crippen LogP contribution is 2.37. The molecule has 3 aliphatic heterocycles. The SMILES string of the molecule is O=C(CCCCCN1CCCCC1)c1ccc2c(c1)Cc1cc(C(=O)CCCCCN3CCCCC3)ccc1O2. The highest BCUT2D eigenvalue weighted by atomic mass is 16.5. The first-order valence-electron chi connectivity index (χ1n) is 16.1. The third-order valence-electron chi connectivity index (χ3n) is 9.02. The Morgan fingerprint density at radius 3 is 1.48 bits per heavy atom. The van der Waals surface area contributed by atoms with Crippen molar-refractivity contribution in [3.8, 4) is 11.5 Å². The molecule has 0 amide bonds. The number of fused-ring (bicyclic) bond motifs is 2. The number of Topliss-reactive ketones (excluding diaryl/α,β-unsaturated/α-hetero) is 2. The monoisotopic (exact) mass is 544 g/mol. The highest BCUT2D eigenvalue weighted by molar-refractivity contribution is 5.97. The quantitative estimate of drug-likeness (QED) is 0.153. The van der Waals surface area contributed by atoms with Crippen LogP contribution in [-0.2, 0) is 6.42 Å². The van der Waals surface area contributed by atoms with Crippen LogP contribution in [0.3, 0.4) is 0 Å². The van der Waals surface area contributed by atoms with Gasteiger partial charge in [0.25, 0.3) is 0 Å². The van der Waals surface area contributed by atoms with Crippen LogP contribution in [0.15, 0.2) is 36.4 Å². The molecular weight excluding hydrogens is 496 g/mol. The largest absolute Gasteiger partial charge is 0.457 e. The van der Waals surface area contributed by atoms with E-state index in [1.165, 1.54) is 90.6 Å². The lowest BCUT2D eigenvalue weighted by molar-refractivity contribution is 0.0970. The molecule has 2 fully saturated rings. The summed E-state index contributed by atoms with van der Waals surface area (Å²) in [7, 11) is 0. The van der Waals surface area contributed by atoms with E-state index in [9.17, 15) is 9.59 Å². The van der Waals surface area contributed by atoms with Gasteiger partial charge in [-0.05, 0) is 127 Å². The van der Waals surface area contributed by atoms with E-state index in [0.29, 0.717) is 19.3 Å². The minimum Gasteiger partial charge on any atom is -0.457 e. The summed E-state index contributed by atoms with van der Waals surface area (Å²) < 4.78 is 6.16. The van der Waals surface area contributed by atoms with Gasteiger partial charge in [-0.25, -0.2) is 0 Å². The number of unbranched alkanes of at least 4 members (excludes halogenated alkanes) is 4. The maximum atomic E-state index is 12.9. The van der Waals surface area contributed by atoms with Crippen molar-refractivity contribution in [2.24, 2.45) is 0 Å². The lowest BCUT2D eigenvalue weighted by Crippen LogP contribution is -2.30. The number of nitrogens with zero attached hydrogens (tertiary/aromatic N) is 2. The zero-order valence-corrected chi connectivity index (χ0v) is 24.4. The average molecular weight is 545 g/mol. The van der Waals surface area contributed by atoms with Crippen LogP contribution in [0.4, 0.5) is 0 Å². The van der Waals surface area contributed by atoms with Gasteiger partial charge in [0.15, 0.2) is 11.6 Å². The molecule has 3 aliphatic rings. The third-order valence-corrected chi connectivity index (χ3v) is 9.02. The van der Waals surface area contributed by atoms with Crippen molar-refractivity contribution in [1.29, 1.82) is 0 Å². The molecule has 5 nitrogen and oxygen atoms in total. The van der Waals surface area contributed by atoms with E-state index in [0.717, 1.165) is 59.4 Å². The minimum atomic E-state index is 0.218. The zero-order chi connectivity index (χ0) is 27.6. The Bertz CT molecular complexity index is 1040. The van der Waals surface area contributed by atoms with Gasteiger partial charge in [0.1, 0.15) is 11.5 Å². The minimum absolute atomic E-state index is 0.218. The van der Waals surface area contributed by atoms with Crippen LogP contribution < -0.4 is 4.74 Å². The second-order valence-electron chi connectivity index (χ2n) is 12.2. The van der Waals surface area contributed by atoms with Crippen molar-refractivity contribution in [3.63, 3.8) is 0 Å². The van der Waals surface area contributed by atoms with Crippen molar-refractivity contribution in [1.82, 2.24) is 9.80 Å². The molecule has 0 radical (unpaired) electrons. The summed E-state index contributed by atoms with van der Waals surface area (Å²) in [5, 5.41) is 0. The zero-order valence-electron chi connectivity index (χ0n) is 24.4. The molecule has 2 saturated heterocycles. The van der Waals surface area contributed by atoms with Crippen LogP contribution in [0, 0.1) is 0 Å². The van der Waals surface area contributed by atoms with Crippen LogP contribution in [-0.4, -0.2) is 60.6 Å². The number of hydrogen-bond donors (Lipinski definition) is 0. The summed E-state index contributed by atoms with van der Waals surface area (Å²) in [6.07, 6.45) is 16.5. The second kappa shape index (κ2) is 14.9. The molecule has 2 aromatic carbocycles. The fourth-order valence-electron chi connectivity index (χ4n) is 6.56. The molecule has 0 aliphatic carbocycles. The number of ether oxygens (including phenoxy) is 1. The van der Waals surface area contributed by atoms with E-state index in [1.54, 1.807) is 0 Å². The van der Waals surface area contributed by atoms with E-state index in [2.05, 4.69) is 9.80 Å². The Balaban J connectivity index is 1.06. The van der Waals surface area contributed by atoms with E-state index in [1.807, 2.05) is 36.4 Å². The maximum absolute atomic E-state index is 12.9. The molecule has 0 saturated carbocycles. The first kappa shape index (κ1) is 29.0. The van der Waals surface area contributed by atoms with Crippen LogP contribution in [0.2, 0.25) is 0 Å². The maximum Gasteiger partial charge on any atom is 0.162 e. The molecule has 0 aromatic heterocycles. The van der Waals surface area contributed by atoms with Gasteiger partial charge in [0.05, 0.1) is 0 Å². The van der Waals surface area contributed by atoms with Crippen molar-refractivity contribution in [3.05, 3.63) is 58.7 Å². The fourth-order valence-corrected chi connectivity index (χ4v) is 6.56. The number of piperidine rings is 2. The molecule has 40 heavy (non-hydrogen) atoms. The van der Waals surface area contributed by atoms with Crippen molar-refractivity contribution < 1.29 is 14.3 Å². The van der Waals surface area contributed by atoms with Gasteiger partial charge in [-0.3, -0.25) is 9.59 Å². The lowest BCUT2D eigenvalue weighted by Gasteiger charge is -2.26. The first-order chi connectivity index (χ1) is 19.7. The van der Waals surface area contributed by atoms with Gasteiger partial charge in [-0.1, -0.05) is 25.7 Å². The fraction of sp³-hybridized carbons (Fsp3) is 0.600. The van der Waals surface area contributed by atoms with Crippen molar-refractivity contribution in [2.45, 2.75) is 96.3 Å². The molecule has 5 heteroatoms. The number of benzene rings is 2. The lowest BCUT2D eigenvalue weighted by atomic mass is 9.94. The molecule has 3 heterocycles. The molecule has 0 atom stereocenters. The Hall–Kier alpha value is -2.50. The molecule has 0 spiro atoms. The van der Waals surface area contributed by atoms with Gasteiger partial charge in [-0.2, -0.15) is 0 Å². The van der Waals surface area contributed by atoms with Gasteiger partial charge >= 0.3 is 0 Å². The summed E-state index contributed by atoms with van der Waals surface area (Å²) in [4.78, 5) is 31.0. The Morgan fingerprint density at radius 1 is 0.575 bits per heavy atom. The van der Waals surface area contributed by atoms with E-state index in [4.69, 9.17) is 4.74 Å². The van der Waals surface area contributed by atoms with E-state index < -0.39 is 0 Å². The van der Waals surface area contributed by atoms with Crippen LogP contribution in [0.5, 0.6) is 11.5 Å². The van der Waals surface area contributed by atoms with Crippen LogP contribution in [0.1, 0.15) is 122 Å². The number of likely N-dealkylation sites (tertiary alicyclic amines) is 2. The smallest absolute Gasteiger partial charge is 0.162 e. The second-order valence-corrected chi connectivity index (χ2v) is 12.2. The molecule has 5 rings (SSSR count). The number of carbonyl (C=O) groups is 2. The van der Waals surface area contributed by atoms with Gasteiger partial charge in [-0.15, -0.1) is 0 Å². The summed E-state index contributed by atoms with van der Waals surface area (Å²) in [6.45, 7) is 7.32. The average Bonchev–Trinajstić information content (AvgIpc) is 3.00. The summed E-state index contributed by atoms with van der Waals surface area (Å²) in [5.74, 6) is 2.07. The molecule has 0 N–H and O–H groups in total. The number of ketones is 2. The molecule has 0 unspecified atom stereocenters. The normalized spacial score (nSPS) is 17.6. The third kappa shape index (κ3) is 8.27. The van der Waals surface area contributed by atoms with Crippen LogP contribution >= 0.6 is 0 Å². The predicted octanol–water partition coefficient (Wildman–Crippen LogP) is 7.84. The Labute approximate surface area is 241 Å². The molecule has 216 valence electrons. The van der Waals surface area contributed by atoms with Crippen molar-refractivity contribution in [2.75, 3.05) is 39.3 Å². The number of hydrogen-bond acceptors (Lipinski definition) is 5. The van der Waals surface area contributed by atoms with E-state index in [-0.39, 0.29) is 11.6 Å². The number of carbonyl (C=O) groups excluding carboxylic acids is 2. The number of rotatable bonds is 14. The Morgan fingerprint density at radius 2 is 1.02 bits per heavy atom. The van der Waals surface area contributed by atoms with Gasteiger partial charge < -0.3 is 14.5 Å². The van der Waals surface area contributed by atoms with Crippen molar-refractivity contribution >= 4 is 11.6 Å². The summed E-state index contributed by atoms with van der Waals surface area (Å²) in [5.41, 5.74) is 3.62. The Kier molecular flexibility index (Phi) is 10.8. The van der Waals surface area contributed by atoms with Gasteiger partial charge in [0, 0.05) is 41.5 Å². The summed E-state index contributed by atoms with van der Waals surface area (Å²) in [6, 6.07) is 11.7. The molecule has 2 aromatic rings. The highest BCUT2D eigenvalue weighted by Gasteiger charge is 2.20. The molecule has 0 bridgehead atoms. The van der Waals surface area contributed by atoms with Gasteiger partial charge in [0.2, 0.25) is 0 Å². The predicted molar refractivity (Wildman–Crippen MR) is 162 cm³/mol. The first-order valence-corrected chi connectivity index (χ1v) is 16.1. The summed E-state index contributed by atoms with van der Waals surface area (Å²) >= 11 is 0. The van der Waals surface area contributed by atoms with Crippen LogP contribution in [0.25, 0.3) is 0 Å². The molecular formula is C35H48N2O3. The standard InChI is InChI=1S/C35H48N2O3/c38-32(13-5-1-7-19-36-21-9-3-10-22-36)28-15-17-34-30(25-28)27-31-26-29(16-18-35(31)40-34)33(39)14-6-2-8-20-37-23-11-4-12-24-37/h15-18,25-26H,1-14,19-24,27H2.